The zero-order valence-electron chi connectivity index (χ0n) is 36.4. The van der Waals surface area contributed by atoms with E-state index in [9.17, 15) is 34.2 Å². The fourth-order valence-electron chi connectivity index (χ4n) is 6.67. The van der Waals surface area contributed by atoms with Crippen molar-refractivity contribution in [3.8, 4) is 11.5 Å². The number of aliphatic imine (C=N–C) groups is 1. The molecule has 21 nitrogen and oxygen atoms in total. The highest BCUT2D eigenvalue weighted by atomic mass is 16.5. The molecule has 0 aliphatic carbocycles. The van der Waals surface area contributed by atoms with Crippen molar-refractivity contribution >= 4 is 41.1 Å². The third-order valence-electron chi connectivity index (χ3n) is 10.1. The molecule has 0 bridgehead atoms. The van der Waals surface area contributed by atoms with Gasteiger partial charge in [0.2, 0.25) is 29.4 Å². The summed E-state index contributed by atoms with van der Waals surface area (Å²) >= 11 is 0. The van der Waals surface area contributed by atoms with Gasteiger partial charge >= 0.3 is 11.9 Å². The van der Waals surface area contributed by atoms with Crippen LogP contribution < -0.4 is 16.0 Å². The quantitative estimate of drug-likeness (QED) is 0.113. The first kappa shape index (κ1) is 49.3. The van der Waals surface area contributed by atoms with E-state index < -0.39 is 17.5 Å². The van der Waals surface area contributed by atoms with Crippen LogP contribution in [0.4, 0.5) is 5.69 Å². The highest BCUT2D eigenvalue weighted by Crippen LogP contribution is 2.15. The lowest BCUT2D eigenvalue weighted by molar-refractivity contribution is -0.139. The van der Waals surface area contributed by atoms with Gasteiger partial charge in [0.15, 0.2) is 0 Å². The Morgan fingerprint density at radius 3 is 1.92 bits per heavy atom. The summed E-state index contributed by atoms with van der Waals surface area (Å²) in [6, 6.07) is 3.33. The van der Waals surface area contributed by atoms with Gasteiger partial charge in [0.1, 0.15) is 11.4 Å². The third kappa shape index (κ3) is 18.7. The Labute approximate surface area is 362 Å². The number of nitrogens with zero attached hydrogens (tertiary/aromatic N) is 10. The predicted octanol–water partition coefficient (Wildman–Crippen LogP) is 0.261. The molecule has 2 aliphatic heterocycles. The number of nitrogens with one attached hydrogen (secondary N) is 3. The van der Waals surface area contributed by atoms with Crippen molar-refractivity contribution in [2.75, 3.05) is 110 Å². The van der Waals surface area contributed by atoms with Crippen molar-refractivity contribution in [2.24, 2.45) is 10.9 Å². The Morgan fingerprint density at radius 1 is 0.790 bits per heavy atom. The topological polar surface area (TPSA) is 261 Å². The number of hydrogen-bond donors (Lipinski definition) is 5. The number of rotatable bonds is 21. The first-order valence-electron chi connectivity index (χ1n) is 21.2. The number of aromatic nitrogens is 5. The number of aliphatic carboxylic acids is 2. The van der Waals surface area contributed by atoms with E-state index in [4.69, 9.17) is 4.74 Å². The summed E-state index contributed by atoms with van der Waals surface area (Å²) in [4.78, 5) is 78.0. The fourth-order valence-corrected chi connectivity index (χ4v) is 6.67. The van der Waals surface area contributed by atoms with E-state index in [2.05, 4.69) is 51.2 Å². The van der Waals surface area contributed by atoms with E-state index in [1.165, 1.54) is 6.20 Å². The zero-order chi connectivity index (χ0) is 44.9. The second kappa shape index (κ2) is 25.6. The van der Waals surface area contributed by atoms with Crippen molar-refractivity contribution < 1.29 is 38.9 Å². The number of hydrogen-bond acceptors (Lipinski definition) is 16. The largest absolute Gasteiger partial charge is 0.480 e. The van der Waals surface area contributed by atoms with Crippen LogP contribution in [0, 0.1) is 5.92 Å². The van der Waals surface area contributed by atoms with Gasteiger partial charge in [0, 0.05) is 78.3 Å². The number of amides is 3. The Hall–Kier alpha value is -5.35. The molecule has 62 heavy (non-hydrogen) atoms. The third-order valence-corrected chi connectivity index (χ3v) is 10.1. The summed E-state index contributed by atoms with van der Waals surface area (Å²) in [5.74, 6) is -1.94. The predicted molar refractivity (Wildman–Crippen MR) is 230 cm³/mol. The summed E-state index contributed by atoms with van der Waals surface area (Å²) in [6.07, 6.45) is 6.82. The van der Waals surface area contributed by atoms with E-state index in [1.54, 1.807) is 12.1 Å². The number of allylic oxidation sites excluding steroid dienone is 1. The minimum absolute atomic E-state index is 0.0335. The average molecular weight is 866 g/mol. The average Bonchev–Trinajstić information content (AvgIpc) is 3.23. The van der Waals surface area contributed by atoms with Gasteiger partial charge in [0.05, 0.1) is 50.3 Å². The summed E-state index contributed by atoms with van der Waals surface area (Å²) in [5.41, 5.74) is 0.889. The number of carbonyl (C=O) groups is 5. The summed E-state index contributed by atoms with van der Waals surface area (Å²) < 4.78 is 5.92. The lowest BCUT2D eigenvalue weighted by atomic mass is 10.1. The van der Waals surface area contributed by atoms with Gasteiger partial charge in [-0.3, -0.25) is 48.6 Å². The maximum absolute atomic E-state index is 13.1. The molecule has 2 aromatic heterocycles. The van der Waals surface area contributed by atoms with E-state index in [1.807, 2.05) is 54.5 Å². The highest BCUT2D eigenvalue weighted by molar-refractivity contribution is 6.06. The van der Waals surface area contributed by atoms with E-state index in [0.717, 1.165) is 13.0 Å². The van der Waals surface area contributed by atoms with Crippen LogP contribution in [-0.2, 0) is 28.7 Å². The van der Waals surface area contributed by atoms with Gasteiger partial charge in [-0.1, -0.05) is 19.9 Å². The number of likely N-dealkylation sites (N-methyl/N-ethyl adjacent to an activating group) is 1. The molecule has 2 aliphatic rings. The van der Waals surface area contributed by atoms with Gasteiger partial charge in [-0.25, -0.2) is 0 Å². The second-order valence-electron chi connectivity index (χ2n) is 16.2. The molecule has 1 unspecified atom stereocenters. The Bertz CT molecular complexity index is 1800. The highest BCUT2D eigenvalue weighted by Gasteiger charge is 2.23. The number of anilines is 1. The molecule has 1 saturated heterocycles. The van der Waals surface area contributed by atoms with E-state index in [-0.39, 0.29) is 68.5 Å². The fraction of sp³-hybridized carbons (Fsp3) is 0.634. The number of dihydropyridines is 1. The van der Waals surface area contributed by atoms with Crippen molar-refractivity contribution in [3.63, 3.8) is 0 Å². The minimum atomic E-state index is -0.912. The lowest BCUT2D eigenvalue weighted by Crippen LogP contribution is -2.49. The van der Waals surface area contributed by atoms with E-state index in [0.29, 0.717) is 101 Å². The van der Waals surface area contributed by atoms with Crippen LogP contribution in [-0.4, -0.2) is 201 Å². The molecular formula is C41H63N13O8. The summed E-state index contributed by atoms with van der Waals surface area (Å²) in [6.45, 7) is 14.1. The molecular weight excluding hydrogens is 803 g/mol. The zero-order valence-corrected chi connectivity index (χ0v) is 36.4. The molecule has 0 saturated carbocycles. The number of pyridine rings is 1. The summed E-state index contributed by atoms with van der Waals surface area (Å²) in [5, 5.41) is 44.1. The van der Waals surface area contributed by atoms with Crippen molar-refractivity contribution in [1.82, 2.24) is 55.6 Å². The van der Waals surface area contributed by atoms with Gasteiger partial charge in [-0.2, -0.15) is 0 Å². The standard InChI is InChI=1S/C41H63N13O8/c1-5-51-15-17-53(26-37(58)59)21-19-52(20-22-54(18-16-51)27-38(60)61)25-36(57)44-23-30(2)28-62-29-41(3,4)46-35(56)11-8-10-34(55)45-31-12-13-33(43-24-31)40-49-47-39(48-50-40)32-9-6-7-14-42-32/h6,9,12-13,24,30H,5,7-8,10-11,14-23,25-29H2,1-4H3,(H,44,57)(H,45,55)(H,46,56)(H,58,59)(H,60,61). The van der Waals surface area contributed by atoms with Crippen LogP contribution in [0.3, 0.4) is 0 Å². The monoisotopic (exact) mass is 865 g/mol. The first-order chi connectivity index (χ1) is 29.7. The van der Waals surface area contributed by atoms with Gasteiger partial charge in [-0.15, -0.1) is 20.4 Å². The first-order valence-corrected chi connectivity index (χ1v) is 21.2. The molecule has 1 fully saturated rings. The molecule has 4 rings (SSSR count). The maximum Gasteiger partial charge on any atom is 0.317 e. The number of ether oxygens (including phenoxy) is 1. The van der Waals surface area contributed by atoms with Crippen molar-refractivity contribution in [2.45, 2.75) is 58.9 Å². The minimum Gasteiger partial charge on any atom is -0.480 e. The molecule has 5 N–H and O–H groups in total. The van der Waals surface area contributed by atoms with Gasteiger partial charge < -0.3 is 35.8 Å². The van der Waals surface area contributed by atoms with Crippen LogP contribution >= 0.6 is 0 Å². The number of carboxylic acid groups (broad SMARTS) is 2. The number of carbonyl (C=O) groups excluding carboxylic acids is 3. The van der Waals surface area contributed by atoms with E-state index >= 15 is 0 Å². The number of carboxylic acids is 2. The van der Waals surface area contributed by atoms with Crippen LogP contribution in [0.5, 0.6) is 0 Å². The van der Waals surface area contributed by atoms with Crippen LogP contribution in [0.25, 0.3) is 11.5 Å². The molecule has 1 atom stereocenters. The van der Waals surface area contributed by atoms with Crippen LogP contribution in [0.15, 0.2) is 35.5 Å². The van der Waals surface area contributed by atoms with Gasteiger partial charge in [-0.05, 0) is 57.4 Å². The molecule has 3 amide bonds. The van der Waals surface area contributed by atoms with Crippen LogP contribution in [0.1, 0.15) is 59.2 Å². The molecule has 0 aromatic carbocycles. The molecule has 4 heterocycles. The molecule has 0 radical (unpaired) electrons. The lowest BCUT2D eigenvalue weighted by Gasteiger charge is -2.33. The maximum atomic E-state index is 13.1. The SMILES string of the molecule is CCN1CCN(CC(=O)O)CCN(CC(=O)NCC(C)COCC(C)(C)NC(=O)CCCC(=O)Nc2ccc(-c3nnc(C4=NCCC=C4)nn3)nc2)CCN(CC(=O)O)CC1. The second-order valence-corrected chi connectivity index (χ2v) is 16.2. The Balaban J connectivity index is 1.12. The van der Waals surface area contributed by atoms with Crippen molar-refractivity contribution in [3.05, 3.63) is 36.3 Å². The molecule has 21 heteroatoms. The van der Waals surface area contributed by atoms with Crippen LogP contribution in [0.2, 0.25) is 0 Å². The molecule has 340 valence electrons. The summed E-state index contributed by atoms with van der Waals surface area (Å²) in [7, 11) is 0. The van der Waals surface area contributed by atoms with Crippen molar-refractivity contribution in [1.29, 1.82) is 0 Å². The molecule has 2 aromatic rings. The normalized spacial score (nSPS) is 16.9. The molecule has 0 spiro atoms. The smallest absolute Gasteiger partial charge is 0.317 e. The Kier molecular flexibility index (Phi) is 20.3. The Morgan fingerprint density at radius 2 is 1.37 bits per heavy atom. The van der Waals surface area contributed by atoms with Gasteiger partial charge in [0.25, 0.3) is 0 Å².